The Morgan fingerprint density at radius 2 is 2.04 bits per heavy atom. The quantitative estimate of drug-likeness (QED) is 0.714. The molecule has 0 aliphatic rings. The number of rotatable bonds is 9. The molecule has 0 radical (unpaired) electrons. The zero-order valence-electron chi connectivity index (χ0n) is 13.5. The number of nitrogens with one attached hydrogen (secondary N) is 1. The van der Waals surface area contributed by atoms with E-state index in [4.69, 9.17) is 19.2 Å². The molecule has 23 heavy (non-hydrogen) atoms. The Morgan fingerprint density at radius 3 is 2.70 bits per heavy atom. The number of benzene rings is 1. The lowest BCUT2D eigenvalue weighted by molar-refractivity contribution is 0.197. The van der Waals surface area contributed by atoms with Gasteiger partial charge in [-0.1, -0.05) is 6.92 Å². The van der Waals surface area contributed by atoms with Crippen molar-refractivity contribution in [1.29, 1.82) is 5.26 Å². The summed E-state index contributed by atoms with van der Waals surface area (Å²) in [5.41, 5.74) is 1.05. The summed E-state index contributed by atoms with van der Waals surface area (Å²) in [5.74, 6) is 1.61. The highest BCUT2D eigenvalue weighted by Gasteiger charge is 2.14. The van der Waals surface area contributed by atoms with Crippen LogP contribution in [-0.4, -0.2) is 31.9 Å². The van der Waals surface area contributed by atoms with Crippen LogP contribution in [0.15, 0.2) is 28.7 Å². The van der Waals surface area contributed by atoms with Crippen LogP contribution in [0.1, 0.15) is 25.5 Å². The second-order valence-electron chi connectivity index (χ2n) is 4.95. The molecule has 0 aliphatic carbocycles. The molecule has 0 atom stereocenters. The van der Waals surface area contributed by atoms with E-state index in [-0.39, 0.29) is 5.69 Å². The molecule has 2 aromatic rings. The number of nitrogens with zero attached hydrogens (tertiary/aromatic N) is 2. The molecule has 2 rings (SSSR count). The number of ether oxygens (including phenoxy) is 2. The van der Waals surface area contributed by atoms with Crippen molar-refractivity contribution in [3.63, 3.8) is 0 Å². The normalized spacial score (nSPS) is 10.3. The summed E-state index contributed by atoms with van der Waals surface area (Å²) in [6.45, 7) is 4.05. The van der Waals surface area contributed by atoms with Crippen LogP contribution in [0.25, 0.3) is 11.5 Å². The van der Waals surface area contributed by atoms with Gasteiger partial charge in [0.2, 0.25) is 17.5 Å². The SMILES string of the molecule is CCCOc1ccc(-c2nc(C#N)c(NCCCOC)o2)cc1. The summed E-state index contributed by atoms with van der Waals surface area (Å²) in [5, 5.41) is 12.2. The van der Waals surface area contributed by atoms with Gasteiger partial charge in [0.15, 0.2) is 0 Å². The molecular formula is C17H21N3O3. The van der Waals surface area contributed by atoms with Crippen LogP contribution < -0.4 is 10.1 Å². The third-order valence-corrected chi connectivity index (χ3v) is 3.12. The number of oxazole rings is 1. The Labute approximate surface area is 136 Å². The third kappa shape index (κ3) is 4.73. The standard InChI is InChI=1S/C17H21N3O3/c1-3-10-22-14-7-5-13(6-8-14)16-20-15(12-18)17(23-16)19-9-4-11-21-2/h5-8,19H,3-4,9-11H2,1-2H3. The molecule has 1 N–H and O–H groups in total. The minimum absolute atomic E-state index is 0.253. The van der Waals surface area contributed by atoms with E-state index in [0.717, 1.165) is 24.2 Å². The summed E-state index contributed by atoms with van der Waals surface area (Å²) >= 11 is 0. The van der Waals surface area contributed by atoms with Crippen molar-refractivity contribution in [2.45, 2.75) is 19.8 Å². The molecule has 0 amide bonds. The lowest BCUT2D eigenvalue weighted by Crippen LogP contribution is -2.04. The van der Waals surface area contributed by atoms with Crippen LogP contribution in [0.4, 0.5) is 5.88 Å². The lowest BCUT2D eigenvalue weighted by atomic mass is 10.2. The van der Waals surface area contributed by atoms with Gasteiger partial charge in [-0.05, 0) is 37.1 Å². The number of aromatic nitrogens is 1. The van der Waals surface area contributed by atoms with E-state index in [1.54, 1.807) is 7.11 Å². The molecule has 0 saturated carbocycles. The Balaban J connectivity index is 2.07. The third-order valence-electron chi connectivity index (χ3n) is 3.12. The molecule has 0 spiro atoms. The van der Waals surface area contributed by atoms with Gasteiger partial charge in [0.05, 0.1) is 6.61 Å². The maximum atomic E-state index is 9.17. The first-order valence-corrected chi connectivity index (χ1v) is 7.65. The van der Waals surface area contributed by atoms with E-state index in [1.165, 1.54) is 0 Å². The molecule has 6 nitrogen and oxygen atoms in total. The second-order valence-corrected chi connectivity index (χ2v) is 4.95. The Bertz CT molecular complexity index is 644. The number of methoxy groups -OCH3 is 1. The Hall–Kier alpha value is -2.52. The highest BCUT2D eigenvalue weighted by Crippen LogP contribution is 2.26. The smallest absolute Gasteiger partial charge is 0.232 e. The first-order valence-electron chi connectivity index (χ1n) is 7.65. The monoisotopic (exact) mass is 315 g/mol. The van der Waals surface area contributed by atoms with Crippen LogP contribution in [0, 0.1) is 11.3 Å². The van der Waals surface area contributed by atoms with E-state index in [9.17, 15) is 0 Å². The molecule has 0 bridgehead atoms. The molecule has 0 fully saturated rings. The van der Waals surface area contributed by atoms with Crippen LogP contribution in [0.5, 0.6) is 5.75 Å². The minimum atomic E-state index is 0.253. The van der Waals surface area contributed by atoms with Crippen molar-refractivity contribution >= 4 is 5.88 Å². The van der Waals surface area contributed by atoms with E-state index in [0.29, 0.717) is 31.5 Å². The van der Waals surface area contributed by atoms with Crippen molar-refractivity contribution in [2.24, 2.45) is 0 Å². The molecule has 1 heterocycles. The number of nitriles is 1. The van der Waals surface area contributed by atoms with Crippen molar-refractivity contribution in [2.75, 3.05) is 32.2 Å². The van der Waals surface area contributed by atoms with Gasteiger partial charge in [0.1, 0.15) is 11.8 Å². The van der Waals surface area contributed by atoms with Crippen LogP contribution >= 0.6 is 0 Å². The van der Waals surface area contributed by atoms with Gasteiger partial charge < -0.3 is 19.2 Å². The summed E-state index contributed by atoms with van der Waals surface area (Å²) in [6.07, 6.45) is 1.78. The topological polar surface area (TPSA) is 80.3 Å². The molecule has 0 saturated heterocycles. The summed E-state index contributed by atoms with van der Waals surface area (Å²) in [7, 11) is 1.65. The van der Waals surface area contributed by atoms with Crippen LogP contribution in [0.2, 0.25) is 0 Å². The van der Waals surface area contributed by atoms with Gasteiger partial charge in [-0.3, -0.25) is 0 Å². The first-order chi connectivity index (χ1) is 11.3. The summed E-state index contributed by atoms with van der Waals surface area (Å²) < 4.78 is 16.2. The van der Waals surface area contributed by atoms with E-state index in [1.807, 2.05) is 30.3 Å². The molecule has 0 aliphatic heterocycles. The van der Waals surface area contributed by atoms with Crippen molar-refractivity contribution in [1.82, 2.24) is 4.98 Å². The predicted octanol–water partition coefficient (Wildman–Crippen LogP) is 3.45. The fourth-order valence-corrected chi connectivity index (χ4v) is 1.97. The largest absolute Gasteiger partial charge is 0.494 e. The predicted molar refractivity (Wildman–Crippen MR) is 87.4 cm³/mol. The highest BCUT2D eigenvalue weighted by molar-refractivity contribution is 5.59. The van der Waals surface area contributed by atoms with Gasteiger partial charge in [-0.2, -0.15) is 10.2 Å². The maximum Gasteiger partial charge on any atom is 0.232 e. The zero-order chi connectivity index (χ0) is 16.5. The molecule has 122 valence electrons. The van der Waals surface area contributed by atoms with E-state index in [2.05, 4.69) is 17.2 Å². The zero-order valence-corrected chi connectivity index (χ0v) is 13.5. The molecule has 1 aromatic carbocycles. The Kier molecular flexibility index (Phi) is 6.45. The van der Waals surface area contributed by atoms with Gasteiger partial charge in [-0.25, -0.2) is 0 Å². The molecule has 6 heteroatoms. The van der Waals surface area contributed by atoms with E-state index < -0.39 is 0 Å². The van der Waals surface area contributed by atoms with Crippen LogP contribution in [0.3, 0.4) is 0 Å². The summed E-state index contributed by atoms with van der Waals surface area (Å²) in [4.78, 5) is 4.23. The fourth-order valence-electron chi connectivity index (χ4n) is 1.97. The fraction of sp³-hybridized carbons (Fsp3) is 0.412. The lowest BCUT2D eigenvalue weighted by Gasteiger charge is -2.04. The van der Waals surface area contributed by atoms with Gasteiger partial charge in [0.25, 0.3) is 0 Å². The average Bonchev–Trinajstić information content (AvgIpc) is 3.00. The maximum absolute atomic E-state index is 9.17. The van der Waals surface area contributed by atoms with E-state index >= 15 is 0 Å². The molecule has 1 aromatic heterocycles. The minimum Gasteiger partial charge on any atom is -0.494 e. The molecule has 0 unspecified atom stereocenters. The van der Waals surface area contributed by atoms with Gasteiger partial charge >= 0.3 is 0 Å². The van der Waals surface area contributed by atoms with Crippen molar-refractivity contribution < 1.29 is 13.9 Å². The Morgan fingerprint density at radius 1 is 1.26 bits per heavy atom. The highest BCUT2D eigenvalue weighted by atomic mass is 16.5. The van der Waals surface area contributed by atoms with Crippen molar-refractivity contribution in [3.8, 4) is 23.3 Å². The van der Waals surface area contributed by atoms with Crippen molar-refractivity contribution in [3.05, 3.63) is 30.0 Å². The second kappa shape index (κ2) is 8.81. The van der Waals surface area contributed by atoms with Gasteiger partial charge in [-0.15, -0.1) is 0 Å². The number of hydrogen-bond donors (Lipinski definition) is 1. The molecular weight excluding hydrogens is 294 g/mol. The first kappa shape index (κ1) is 16.8. The van der Waals surface area contributed by atoms with Crippen LogP contribution in [-0.2, 0) is 4.74 Å². The number of hydrogen-bond acceptors (Lipinski definition) is 6. The van der Waals surface area contributed by atoms with Gasteiger partial charge in [0, 0.05) is 25.8 Å². The average molecular weight is 315 g/mol. The number of anilines is 1. The summed E-state index contributed by atoms with van der Waals surface area (Å²) in [6, 6.07) is 9.51.